The van der Waals surface area contributed by atoms with Crippen LogP contribution in [0, 0.1) is 0 Å². The number of carbonyl (C=O) groups excluding carboxylic acids is 4. The Bertz CT molecular complexity index is 763. The molecule has 1 saturated heterocycles. The molecule has 0 aromatic heterocycles. The van der Waals surface area contributed by atoms with E-state index in [9.17, 15) is 24.3 Å². The van der Waals surface area contributed by atoms with Crippen molar-refractivity contribution in [2.75, 3.05) is 25.1 Å². The zero-order valence-corrected chi connectivity index (χ0v) is 17.3. The van der Waals surface area contributed by atoms with Crippen LogP contribution in [0.3, 0.4) is 0 Å². The van der Waals surface area contributed by atoms with Gasteiger partial charge in [-0.1, -0.05) is 0 Å². The first-order valence-electron chi connectivity index (χ1n) is 10.2. The number of aliphatic hydroxyl groups is 1. The van der Waals surface area contributed by atoms with Gasteiger partial charge in [0.2, 0.25) is 0 Å². The number of nitrogens with zero attached hydrogens (tertiary/aromatic N) is 1. The van der Waals surface area contributed by atoms with Crippen molar-refractivity contribution in [2.24, 2.45) is 0 Å². The molecule has 1 aromatic carbocycles. The Morgan fingerprint density at radius 2 is 1.90 bits per heavy atom. The summed E-state index contributed by atoms with van der Waals surface area (Å²) in [7, 11) is 0. The highest BCUT2D eigenvalue weighted by atomic mass is 16.5. The number of carbonyl (C=O) groups is 4. The molecule has 2 rings (SSSR count). The van der Waals surface area contributed by atoms with Gasteiger partial charge in [-0.05, 0) is 63.8 Å². The fourth-order valence-corrected chi connectivity index (χ4v) is 3.34. The van der Waals surface area contributed by atoms with Crippen molar-refractivity contribution in [3.05, 3.63) is 29.8 Å². The van der Waals surface area contributed by atoms with Crippen molar-refractivity contribution in [2.45, 2.75) is 51.6 Å². The normalized spacial score (nSPS) is 17.0. The molecule has 1 aromatic rings. The molecule has 1 fully saturated rings. The van der Waals surface area contributed by atoms with Gasteiger partial charge in [0, 0.05) is 30.4 Å². The molecule has 3 amide bonds. The number of amides is 3. The first-order chi connectivity index (χ1) is 14.4. The predicted molar refractivity (Wildman–Crippen MR) is 110 cm³/mol. The van der Waals surface area contributed by atoms with Gasteiger partial charge < -0.3 is 25.4 Å². The van der Waals surface area contributed by atoms with Crippen LogP contribution in [0.2, 0.25) is 0 Å². The van der Waals surface area contributed by atoms with E-state index in [4.69, 9.17) is 4.74 Å². The van der Waals surface area contributed by atoms with Crippen LogP contribution in [-0.4, -0.2) is 65.5 Å². The number of hydrogen-bond acceptors (Lipinski definition) is 6. The number of esters is 1. The Balaban J connectivity index is 1.94. The number of likely N-dealkylation sites (tertiary alicyclic amines) is 1. The van der Waals surface area contributed by atoms with Gasteiger partial charge in [-0.15, -0.1) is 0 Å². The first-order valence-corrected chi connectivity index (χ1v) is 10.2. The van der Waals surface area contributed by atoms with Crippen molar-refractivity contribution < 1.29 is 29.0 Å². The number of rotatable bonds is 7. The van der Waals surface area contributed by atoms with E-state index in [0.29, 0.717) is 24.2 Å². The maximum absolute atomic E-state index is 12.5. The highest BCUT2D eigenvalue weighted by Gasteiger charge is 2.30. The fraction of sp³-hybridized carbons (Fsp3) is 0.524. The van der Waals surface area contributed by atoms with Gasteiger partial charge in [0.05, 0.1) is 6.61 Å². The quantitative estimate of drug-likeness (QED) is 0.448. The molecular weight excluding hydrogens is 390 g/mol. The van der Waals surface area contributed by atoms with Crippen LogP contribution in [0.25, 0.3) is 0 Å². The van der Waals surface area contributed by atoms with Crippen molar-refractivity contribution in [3.8, 4) is 0 Å². The summed E-state index contributed by atoms with van der Waals surface area (Å²) in [5, 5.41) is 14.3. The summed E-state index contributed by atoms with van der Waals surface area (Å²) in [4.78, 5) is 50.2. The van der Waals surface area contributed by atoms with Gasteiger partial charge in [-0.3, -0.25) is 14.4 Å². The number of hydrogen-bond donors (Lipinski definition) is 3. The fourth-order valence-electron chi connectivity index (χ4n) is 3.34. The second-order valence-corrected chi connectivity index (χ2v) is 7.14. The molecule has 0 aliphatic carbocycles. The van der Waals surface area contributed by atoms with Gasteiger partial charge >= 0.3 is 17.8 Å². The van der Waals surface area contributed by atoms with E-state index in [-0.39, 0.29) is 19.3 Å². The number of ether oxygens (including phenoxy) is 1. The standard InChI is InChI=1S/C21H29N3O6/c1-3-30-21(29)14(2)22-18(26)15-7-9-16(10-8-15)23-19(27)20(28)24-12-5-4-6-17(24)11-13-25/h7-10,14,17,25H,3-6,11-13H2,1-2H3,(H,22,26)(H,23,27). The molecule has 2 unspecified atom stereocenters. The lowest BCUT2D eigenvalue weighted by Gasteiger charge is -2.35. The van der Waals surface area contributed by atoms with Crippen LogP contribution in [-0.2, 0) is 19.1 Å². The Labute approximate surface area is 175 Å². The Hall–Kier alpha value is -2.94. The zero-order valence-electron chi connectivity index (χ0n) is 17.3. The molecule has 9 heteroatoms. The summed E-state index contributed by atoms with van der Waals surface area (Å²) in [5.74, 6) is -2.36. The average molecular weight is 419 g/mol. The third-order valence-electron chi connectivity index (χ3n) is 4.94. The third kappa shape index (κ3) is 6.28. The van der Waals surface area contributed by atoms with E-state index in [2.05, 4.69) is 10.6 Å². The summed E-state index contributed by atoms with van der Waals surface area (Å²) in [6.07, 6.45) is 3.02. The van der Waals surface area contributed by atoms with Crippen molar-refractivity contribution >= 4 is 29.4 Å². The van der Waals surface area contributed by atoms with E-state index < -0.39 is 29.7 Å². The molecule has 1 heterocycles. The number of nitrogens with one attached hydrogen (secondary N) is 2. The van der Waals surface area contributed by atoms with Crippen molar-refractivity contribution in [1.82, 2.24) is 10.2 Å². The molecule has 2 atom stereocenters. The van der Waals surface area contributed by atoms with Crippen LogP contribution in [0.15, 0.2) is 24.3 Å². The summed E-state index contributed by atoms with van der Waals surface area (Å²) in [6, 6.07) is 5.08. The molecule has 1 aliphatic heterocycles. The minimum absolute atomic E-state index is 0.0334. The maximum atomic E-state index is 12.5. The number of anilines is 1. The van der Waals surface area contributed by atoms with Gasteiger partial charge in [-0.2, -0.15) is 0 Å². The van der Waals surface area contributed by atoms with Crippen molar-refractivity contribution in [3.63, 3.8) is 0 Å². The van der Waals surface area contributed by atoms with Gasteiger partial charge in [0.15, 0.2) is 0 Å². The number of aliphatic hydroxyl groups excluding tert-OH is 1. The second kappa shape index (κ2) is 11.3. The number of benzene rings is 1. The van der Waals surface area contributed by atoms with Crippen LogP contribution in [0.1, 0.15) is 49.9 Å². The summed E-state index contributed by atoms with van der Waals surface area (Å²) < 4.78 is 4.85. The predicted octanol–water partition coefficient (Wildman–Crippen LogP) is 1.07. The first kappa shape index (κ1) is 23.3. The Morgan fingerprint density at radius 3 is 2.53 bits per heavy atom. The van der Waals surface area contributed by atoms with Crippen LogP contribution in [0.5, 0.6) is 0 Å². The van der Waals surface area contributed by atoms with E-state index in [1.807, 2.05) is 0 Å². The lowest BCUT2D eigenvalue weighted by molar-refractivity contribution is -0.146. The molecule has 9 nitrogen and oxygen atoms in total. The lowest BCUT2D eigenvalue weighted by Crippen LogP contribution is -2.48. The van der Waals surface area contributed by atoms with Gasteiger partial charge in [-0.25, -0.2) is 4.79 Å². The lowest BCUT2D eigenvalue weighted by atomic mass is 9.99. The Kier molecular flexibility index (Phi) is 8.79. The van der Waals surface area contributed by atoms with Crippen molar-refractivity contribution in [1.29, 1.82) is 0 Å². The van der Waals surface area contributed by atoms with E-state index in [1.54, 1.807) is 6.92 Å². The van der Waals surface area contributed by atoms with E-state index in [1.165, 1.54) is 36.1 Å². The SMILES string of the molecule is CCOC(=O)C(C)NC(=O)c1ccc(NC(=O)C(=O)N2CCCCC2CCO)cc1. The molecule has 0 bridgehead atoms. The number of piperidine rings is 1. The molecule has 3 N–H and O–H groups in total. The highest BCUT2D eigenvalue weighted by molar-refractivity contribution is 6.39. The largest absolute Gasteiger partial charge is 0.464 e. The minimum Gasteiger partial charge on any atom is -0.464 e. The molecule has 0 radical (unpaired) electrons. The molecule has 30 heavy (non-hydrogen) atoms. The highest BCUT2D eigenvalue weighted by Crippen LogP contribution is 2.20. The molecule has 0 spiro atoms. The van der Waals surface area contributed by atoms with E-state index >= 15 is 0 Å². The van der Waals surface area contributed by atoms with E-state index in [0.717, 1.165) is 19.3 Å². The minimum atomic E-state index is -0.786. The topological polar surface area (TPSA) is 125 Å². The molecule has 0 saturated carbocycles. The summed E-state index contributed by atoms with van der Waals surface area (Å²) in [5.41, 5.74) is 0.675. The van der Waals surface area contributed by atoms with Gasteiger partial charge in [0.1, 0.15) is 6.04 Å². The molecule has 1 aliphatic rings. The van der Waals surface area contributed by atoms with Crippen LogP contribution in [0.4, 0.5) is 5.69 Å². The van der Waals surface area contributed by atoms with Gasteiger partial charge in [0.25, 0.3) is 5.91 Å². The zero-order chi connectivity index (χ0) is 22.1. The smallest absolute Gasteiger partial charge is 0.328 e. The summed E-state index contributed by atoms with van der Waals surface area (Å²) in [6.45, 7) is 3.90. The average Bonchev–Trinajstić information content (AvgIpc) is 2.74. The maximum Gasteiger partial charge on any atom is 0.328 e. The Morgan fingerprint density at radius 1 is 1.20 bits per heavy atom. The van der Waals surface area contributed by atoms with Crippen LogP contribution < -0.4 is 10.6 Å². The molecule has 164 valence electrons. The monoisotopic (exact) mass is 419 g/mol. The third-order valence-corrected chi connectivity index (χ3v) is 4.94. The second-order valence-electron chi connectivity index (χ2n) is 7.14. The molecular formula is C21H29N3O6. The summed E-state index contributed by atoms with van der Waals surface area (Å²) >= 11 is 0. The van der Waals surface area contributed by atoms with Crippen LogP contribution >= 0.6 is 0 Å².